The molecular formula is C19H20N2O5. The van der Waals surface area contributed by atoms with Crippen molar-refractivity contribution in [1.29, 1.82) is 0 Å². The van der Waals surface area contributed by atoms with E-state index in [4.69, 9.17) is 9.47 Å². The average molecular weight is 356 g/mol. The highest BCUT2D eigenvalue weighted by atomic mass is 16.6. The highest BCUT2D eigenvalue weighted by Gasteiger charge is 2.14. The van der Waals surface area contributed by atoms with Gasteiger partial charge in [0.15, 0.2) is 0 Å². The fraction of sp³-hybridized carbons (Fsp3) is 0.211. The van der Waals surface area contributed by atoms with Gasteiger partial charge in [0.05, 0.1) is 30.7 Å². The molecule has 1 amide bonds. The Balaban J connectivity index is 2.12. The van der Waals surface area contributed by atoms with E-state index in [1.165, 1.54) is 18.2 Å². The van der Waals surface area contributed by atoms with Crippen LogP contribution in [0.25, 0.3) is 6.08 Å². The molecule has 7 nitrogen and oxygen atoms in total. The molecular weight excluding hydrogens is 336 g/mol. The molecule has 2 aromatic rings. The largest absolute Gasteiger partial charge is 0.497 e. The van der Waals surface area contributed by atoms with Crippen LogP contribution in [0.3, 0.4) is 0 Å². The Morgan fingerprint density at radius 2 is 1.92 bits per heavy atom. The van der Waals surface area contributed by atoms with Crippen molar-refractivity contribution >= 4 is 17.7 Å². The van der Waals surface area contributed by atoms with Crippen LogP contribution in [-0.2, 0) is 4.79 Å². The third kappa shape index (κ3) is 4.60. The summed E-state index contributed by atoms with van der Waals surface area (Å²) in [4.78, 5) is 22.7. The minimum Gasteiger partial charge on any atom is -0.497 e. The lowest BCUT2D eigenvalue weighted by atomic mass is 10.1. The van der Waals surface area contributed by atoms with Crippen LogP contribution in [0.1, 0.15) is 24.1 Å². The first kappa shape index (κ1) is 19.0. The van der Waals surface area contributed by atoms with E-state index >= 15 is 0 Å². The Labute approximate surface area is 151 Å². The summed E-state index contributed by atoms with van der Waals surface area (Å²) < 4.78 is 10.5. The normalized spacial score (nSPS) is 11.8. The van der Waals surface area contributed by atoms with Crippen molar-refractivity contribution in [3.05, 3.63) is 69.8 Å². The molecule has 7 heteroatoms. The van der Waals surface area contributed by atoms with Crippen LogP contribution in [0.2, 0.25) is 0 Å². The second kappa shape index (κ2) is 8.66. The summed E-state index contributed by atoms with van der Waals surface area (Å²) in [5.41, 5.74) is 1.10. The van der Waals surface area contributed by atoms with Gasteiger partial charge in [0.25, 0.3) is 5.69 Å². The minimum absolute atomic E-state index is 0.0542. The number of nitro benzene ring substituents is 1. The molecule has 0 saturated carbocycles. The summed E-state index contributed by atoms with van der Waals surface area (Å²) in [5.74, 6) is 0.883. The first-order valence-corrected chi connectivity index (χ1v) is 7.90. The maximum absolute atomic E-state index is 12.2. The third-order valence-electron chi connectivity index (χ3n) is 3.81. The van der Waals surface area contributed by atoms with Gasteiger partial charge < -0.3 is 14.8 Å². The monoisotopic (exact) mass is 356 g/mol. The van der Waals surface area contributed by atoms with Crippen molar-refractivity contribution in [2.45, 2.75) is 13.0 Å². The van der Waals surface area contributed by atoms with Gasteiger partial charge in [-0.1, -0.05) is 12.1 Å². The van der Waals surface area contributed by atoms with Crippen LogP contribution in [-0.4, -0.2) is 25.1 Å². The van der Waals surface area contributed by atoms with Crippen molar-refractivity contribution in [2.75, 3.05) is 14.2 Å². The molecule has 1 N–H and O–H groups in total. The molecule has 1 unspecified atom stereocenters. The van der Waals surface area contributed by atoms with Gasteiger partial charge in [-0.2, -0.15) is 0 Å². The van der Waals surface area contributed by atoms with E-state index in [0.29, 0.717) is 17.1 Å². The predicted molar refractivity (Wildman–Crippen MR) is 98.2 cm³/mol. The Hall–Kier alpha value is -3.35. The Morgan fingerprint density at radius 3 is 2.58 bits per heavy atom. The zero-order valence-electron chi connectivity index (χ0n) is 14.8. The molecule has 0 spiro atoms. The lowest BCUT2D eigenvalue weighted by Crippen LogP contribution is -2.25. The highest BCUT2D eigenvalue weighted by Crippen LogP contribution is 2.29. The van der Waals surface area contributed by atoms with Gasteiger partial charge in [0.1, 0.15) is 11.5 Å². The quantitative estimate of drug-likeness (QED) is 0.466. The fourth-order valence-corrected chi connectivity index (χ4v) is 2.48. The smallest absolute Gasteiger partial charge is 0.276 e. The van der Waals surface area contributed by atoms with Crippen molar-refractivity contribution in [3.8, 4) is 11.5 Å². The van der Waals surface area contributed by atoms with Crippen molar-refractivity contribution < 1.29 is 19.2 Å². The number of benzene rings is 2. The maximum Gasteiger partial charge on any atom is 0.276 e. The van der Waals surface area contributed by atoms with E-state index in [-0.39, 0.29) is 17.6 Å². The van der Waals surface area contributed by atoms with Gasteiger partial charge in [-0.3, -0.25) is 14.9 Å². The third-order valence-corrected chi connectivity index (χ3v) is 3.81. The SMILES string of the molecule is COc1ccc(C(C)NC(=O)/C=C/c2ccccc2[N+](=O)[O-])c(OC)c1. The Kier molecular flexibility index (Phi) is 6.32. The molecule has 0 fully saturated rings. The van der Waals surface area contributed by atoms with Gasteiger partial charge in [-0.25, -0.2) is 0 Å². The van der Waals surface area contributed by atoms with Crippen molar-refractivity contribution in [1.82, 2.24) is 5.32 Å². The molecule has 0 aliphatic carbocycles. The number of nitrogens with one attached hydrogen (secondary N) is 1. The fourth-order valence-electron chi connectivity index (χ4n) is 2.48. The van der Waals surface area contributed by atoms with Gasteiger partial charge in [0, 0.05) is 23.8 Å². The topological polar surface area (TPSA) is 90.7 Å². The molecule has 0 radical (unpaired) electrons. The van der Waals surface area contributed by atoms with Crippen LogP contribution in [0.15, 0.2) is 48.5 Å². The molecule has 2 rings (SSSR count). The van der Waals surface area contributed by atoms with Crippen LogP contribution in [0, 0.1) is 10.1 Å². The van der Waals surface area contributed by atoms with Crippen molar-refractivity contribution in [3.63, 3.8) is 0 Å². The molecule has 0 aliphatic heterocycles. The van der Waals surface area contributed by atoms with E-state index in [9.17, 15) is 14.9 Å². The zero-order chi connectivity index (χ0) is 19.1. The molecule has 2 aromatic carbocycles. The van der Waals surface area contributed by atoms with E-state index in [1.54, 1.807) is 44.6 Å². The first-order chi connectivity index (χ1) is 12.5. The number of methoxy groups -OCH3 is 2. The summed E-state index contributed by atoms with van der Waals surface area (Å²) in [6.07, 6.45) is 2.69. The van der Waals surface area contributed by atoms with Gasteiger partial charge in [-0.05, 0) is 31.2 Å². The Morgan fingerprint density at radius 1 is 1.19 bits per heavy atom. The van der Waals surface area contributed by atoms with Gasteiger partial charge >= 0.3 is 0 Å². The summed E-state index contributed by atoms with van der Waals surface area (Å²) in [6.45, 7) is 1.82. The number of hydrogen-bond acceptors (Lipinski definition) is 5. The summed E-state index contributed by atoms with van der Waals surface area (Å²) in [5, 5.41) is 13.8. The van der Waals surface area contributed by atoms with Crippen LogP contribution in [0.4, 0.5) is 5.69 Å². The molecule has 0 heterocycles. The molecule has 0 bridgehead atoms. The average Bonchev–Trinajstić information content (AvgIpc) is 2.65. The van der Waals surface area contributed by atoms with Crippen LogP contribution >= 0.6 is 0 Å². The van der Waals surface area contributed by atoms with E-state index in [0.717, 1.165) is 5.56 Å². The zero-order valence-corrected chi connectivity index (χ0v) is 14.8. The number of carbonyl (C=O) groups excluding carboxylic acids is 1. The number of nitro groups is 1. The molecule has 26 heavy (non-hydrogen) atoms. The number of para-hydroxylation sites is 1. The van der Waals surface area contributed by atoms with Gasteiger partial charge in [-0.15, -0.1) is 0 Å². The molecule has 0 aromatic heterocycles. The van der Waals surface area contributed by atoms with Crippen LogP contribution < -0.4 is 14.8 Å². The second-order valence-electron chi connectivity index (χ2n) is 5.49. The number of ether oxygens (including phenoxy) is 2. The molecule has 136 valence electrons. The lowest BCUT2D eigenvalue weighted by molar-refractivity contribution is -0.385. The standard InChI is InChI=1S/C19H20N2O5/c1-13(16-10-9-15(25-2)12-18(16)26-3)20-19(22)11-8-14-6-4-5-7-17(14)21(23)24/h4-13H,1-3H3,(H,20,22)/b11-8+. The van der Waals surface area contributed by atoms with Crippen LogP contribution in [0.5, 0.6) is 11.5 Å². The van der Waals surface area contributed by atoms with E-state index in [1.807, 2.05) is 13.0 Å². The molecule has 0 aliphatic rings. The summed E-state index contributed by atoms with van der Waals surface area (Å²) in [6, 6.07) is 11.2. The van der Waals surface area contributed by atoms with E-state index in [2.05, 4.69) is 5.32 Å². The lowest BCUT2D eigenvalue weighted by Gasteiger charge is -2.17. The number of amides is 1. The Bertz CT molecular complexity index is 832. The molecule has 1 atom stereocenters. The summed E-state index contributed by atoms with van der Waals surface area (Å²) >= 11 is 0. The molecule has 0 saturated heterocycles. The predicted octanol–water partition coefficient (Wildman–Crippen LogP) is 3.50. The number of carbonyl (C=O) groups is 1. The van der Waals surface area contributed by atoms with Crippen molar-refractivity contribution in [2.24, 2.45) is 0 Å². The van der Waals surface area contributed by atoms with E-state index < -0.39 is 4.92 Å². The highest BCUT2D eigenvalue weighted by molar-refractivity contribution is 5.92. The first-order valence-electron chi connectivity index (χ1n) is 7.90. The summed E-state index contributed by atoms with van der Waals surface area (Å²) in [7, 11) is 3.11. The second-order valence-corrected chi connectivity index (χ2v) is 5.49. The number of hydrogen-bond donors (Lipinski definition) is 1. The number of rotatable bonds is 7. The minimum atomic E-state index is -0.484. The number of nitrogens with zero attached hydrogens (tertiary/aromatic N) is 1. The maximum atomic E-state index is 12.2. The van der Waals surface area contributed by atoms with Gasteiger partial charge in [0.2, 0.25) is 5.91 Å².